The molecule has 1 fully saturated rings. The standard InChI is InChI=1S/C23H26N2O5/c1-4-29-20-8-6-5-7-19(20)24-21(26)14-30-23(28)17-12-22(27)25(13-17)18-10-9-15(2)16(3)11-18/h5-11,17H,4,12-14H2,1-3H3,(H,24,26)/t17-/m0/s1. The minimum absolute atomic E-state index is 0.0700. The number of benzene rings is 2. The molecule has 0 aromatic heterocycles. The van der Waals surface area contributed by atoms with Gasteiger partial charge in [0.2, 0.25) is 5.91 Å². The molecule has 1 heterocycles. The first-order valence-corrected chi connectivity index (χ1v) is 9.95. The first-order chi connectivity index (χ1) is 14.4. The van der Waals surface area contributed by atoms with Crippen LogP contribution in [0.3, 0.4) is 0 Å². The zero-order valence-corrected chi connectivity index (χ0v) is 17.4. The van der Waals surface area contributed by atoms with E-state index in [0.717, 1.165) is 16.8 Å². The second kappa shape index (κ2) is 9.43. The first kappa shape index (κ1) is 21.4. The van der Waals surface area contributed by atoms with Crippen LogP contribution in [0.15, 0.2) is 42.5 Å². The number of carbonyl (C=O) groups excluding carboxylic acids is 3. The van der Waals surface area contributed by atoms with Crippen LogP contribution in [0.4, 0.5) is 11.4 Å². The molecule has 0 aliphatic carbocycles. The fourth-order valence-corrected chi connectivity index (χ4v) is 3.30. The molecule has 2 aromatic carbocycles. The Hall–Kier alpha value is -3.35. The zero-order valence-electron chi connectivity index (χ0n) is 17.4. The predicted molar refractivity (Wildman–Crippen MR) is 114 cm³/mol. The summed E-state index contributed by atoms with van der Waals surface area (Å²) in [6, 6.07) is 12.8. The minimum atomic E-state index is -0.595. The molecule has 0 radical (unpaired) electrons. The maximum Gasteiger partial charge on any atom is 0.311 e. The second-order valence-electron chi connectivity index (χ2n) is 7.26. The molecule has 30 heavy (non-hydrogen) atoms. The van der Waals surface area contributed by atoms with Crippen molar-refractivity contribution in [2.45, 2.75) is 27.2 Å². The van der Waals surface area contributed by atoms with Crippen molar-refractivity contribution in [1.29, 1.82) is 0 Å². The molecule has 1 atom stereocenters. The lowest BCUT2D eigenvalue weighted by atomic mass is 10.1. The van der Waals surface area contributed by atoms with Crippen molar-refractivity contribution in [3.63, 3.8) is 0 Å². The molecule has 0 saturated carbocycles. The van der Waals surface area contributed by atoms with Crippen LogP contribution in [0.5, 0.6) is 5.75 Å². The maximum absolute atomic E-state index is 12.4. The molecule has 0 spiro atoms. The van der Waals surface area contributed by atoms with Crippen molar-refractivity contribution in [3.05, 3.63) is 53.6 Å². The Morgan fingerprint density at radius 2 is 1.90 bits per heavy atom. The van der Waals surface area contributed by atoms with Gasteiger partial charge in [0, 0.05) is 18.7 Å². The summed E-state index contributed by atoms with van der Waals surface area (Å²) < 4.78 is 10.6. The molecule has 158 valence electrons. The van der Waals surface area contributed by atoms with E-state index < -0.39 is 24.4 Å². The highest BCUT2D eigenvalue weighted by Crippen LogP contribution is 2.27. The van der Waals surface area contributed by atoms with Gasteiger partial charge in [-0.3, -0.25) is 14.4 Å². The van der Waals surface area contributed by atoms with Crippen LogP contribution in [0.25, 0.3) is 0 Å². The molecule has 7 heteroatoms. The number of ether oxygens (including phenoxy) is 2. The number of amides is 2. The number of hydrogen-bond acceptors (Lipinski definition) is 5. The fraction of sp³-hybridized carbons (Fsp3) is 0.348. The third kappa shape index (κ3) is 4.97. The molecule has 2 aromatic rings. The molecule has 1 N–H and O–H groups in total. The molecule has 0 unspecified atom stereocenters. The maximum atomic E-state index is 12.4. The highest BCUT2D eigenvalue weighted by atomic mass is 16.5. The van der Waals surface area contributed by atoms with E-state index in [0.29, 0.717) is 18.0 Å². The Kier molecular flexibility index (Phi) is 6.72. The number of aryl methyl sites for hydroxylation is 2. The number of anilines is 2. The lowest BCUT2D eigenvalue weighted by Crippen LogP contribution is -2.28. The van der Waals surface area contributed by atoms with Gasteiger partial charge in [0.1, 0.15) is 5.75 Å². The van der Waals surface area contributed by atoms with Crippen LogP contribution in [0.2, 0.25) is 0 Å². The molecular weight excluding hydrogens is 384 g/mol. The van der Waals surface area contributed by atoms with E-state index in [4.69, 9.17) is 9.47 Å². The van der Waals surface area contributed by atoms with Crippen molar-refractivity contribution in [2.75, 3.05) is 30.0 Å². The fourth-order valence-electron chi connectivity index (χ4n) is 3.30. The Labute approximate surface area is 176 Å². The number of nitrogens with one attached hydrogen (secondary N) is 1. The zero-order chi connectivity index (χ0) is 21.7. The van der Waals surface area contributed by atoms with Crippen molar-refractivity contribution in [2.24, 2.45) is 5.92 Å². The third-order valence-electron chi connectivity index (χ3n) is 5.07. The highest BCUT2D eigenvalue weighted by molar-refractivity contribution is 6.00. The summed E-state index contributed by atoms with van der Waals surface area (Å²) >= 11 is 0. The lowest BCUT2D eigenvalue weighted by Gasteiger charge is -2.18. The van der Waals surface area contributed by atoms with Gasteiger partial charge in [-0.25, -0.2) is 0 Å². The summed E-state index contributed by atoms with van der Waals surface area (Å²) in [5.41, 5.74) is 3.50. The quantitative estimate of drug-likeness (QED) is 0.709. The van der Waals surface area contributed by atoms with Crippen LogP contribution in [0, 0.1) is 19.8 Å². The SMILES string of the molecule is CCOc1ccccc1NC(=O)COC(=O)[C@H]1CC(=O)N(c2ccc(C)c(C)c2)C1. The summed E-state index contributed by atoms with van der Waals surface area (Å²) in [7, 11) is 0. The van der Waals surface area contributed by atoms with E-state index >= 15 is 0 Å². The molecule has 2 amide bonds. The molecule has 0 bridgehead atoms. The Morgan fingerprint density at radius 1 is 1.13 bits per heavy atom. The minimum Gasteiger partial charge on any atom is -0.492 e. The second-order valence-corrected chi connectivity index (χ2v) is 7.26. The van der Waals surface area contributed by atoms with Gasteiger partial charge >= 0.3 is 5.97 Å². The topological polar surface area (TPSA) is 84.9 Å². The van der Waals surface area contributed by atoms with Gasteiger partial charge in [-0.05, 0) is 56.2 Å². The average Bonchev–Trinajstić information content (AvgIpc) is 3.11. The Bertz CT molecular complexity index is 956. The van der Waals surface area contributed by atoms with Crippen LogP contribution >= 0.6 is 0 Å². The number of esters is 1. The molecule has 7 nitrogen and oxygen atoms in total. The summed E-state index contributed by atoms with van der Waals surface area (Å²) in [4.78, 5) is 38.6. The molecule has 1 saturated heterocycles. The summed E-state index contributed by atoms with van der Waals surface area (Å²) in [5, 5.41) is 2.68. The van der Waals surface area contributed by atoms with Crippen molar-refractivity contribution in [3.8, 4) is 5.75 Å². The lowest BCUT2D eigenvalue weighted by molar-refractivity contribution is -0.151. The monoisotopic (exact) mass is 410 g/mol. The predicted octanol–water partition coefficient (Wildman–Crippen LogP) is 3.24. The largest absolute Gasteiger partial charge is 0.492 e. The highest BCUT2D eigenvalue weighted by Gasteiger charge is 2.36. The van der Waals surface area contributed by atoms with Gasteiger partial charge in [0.15, 0.2) is 6.61 Å². The average molecular weight is 410 g/mol. The molecule has 1 aliphatic heterocycles. The van der Waals surface area contributed by atoms with E-state index in [2.05, 4.69) is 5.32 Å². The molecule has 3 rings (SSSR count). The van der Waals surface area contributed by atoms with E-state index in [1.54, 1.807) is 29.2 Å². The van der Waals surface area contributed by atoms with Crippen LogP contribution in [-0.4, -0.2) is 37.5 Å². The van der Waals surface area contributed by atoms with Gasteiger partial charge in [0.05, 0.1) is 18.2 Å². The number of nitrogens with zero attached hydrogens (tertiary/aromatic N) is 1. The van der Waals surface area contributed by atoms with Crippen LogP contribution < -0.4 is 15.0 Å². The van der Waals surface area contributed by atoms with Crippen molar-refractivity contribution >= 4 is 29.2 Å². The molecule has 1 aliphatic rings. The number of carbonyl (C=O) groups is 3. The third-order valence-corrected chi connectivity index (χ3v) is 5.07. The van der Waals surface area contributed by atoms with E-state index in [-0.39, 0.29) is 18.9 Å². The summed E-state index contributed by atoms with van der Waals surface area (Å²) in [6.07, 6.45) is 0.0700. The number of hydrogen-bond donors (Lipinski definition) is 1. The first-order valence-electron chi connectivity index (χ1n) is 9.95. The number of rotatable bonds is 7. The van der Waals surface area contributed by atoms with Crippen LogP contribution in [0.1, 0.15) is 24.5 Å². The van der Waals surface area contributed by atoms with Crippen LogP contribution in [-0.2, 0) is 19.1 Å². The van der Waals surface area contributed by atoms with Gasteiger partial charge in [-0.15, -0.1) is 0 Å². The smallest absolute Gasteiger partial charge is 0.311 e. The van der Waals surface area contributed by atoms with Crippen molar-refractivity contribution < 1.29 is 23.9 Å². The van der Waals surface area contributed by atoms with Gasteiger partial charge < -0.3 is 19.7 Å². The Balaban J connectivity index is 1.54. The van der Waals surface area contributed by atoms with Gasteiger partial charge in [0.25, 0.3) is 5.91 Å². The van der Waals surface area contributed by atoms with Crippen molar-refractivity contribution in [1.82, 2.24) is 0 Å². The van der Waals surface area contributed by atoms with Gasteiger partial charge in [-0.2, -0.15) is 0 Å². The normalized spacial score (nSPS) is 15.8. The van der Waals surface area contributed by atoms with E-state index in [1.165, 1.54) is 0 Å². The molecular formula is C23H26N2O5. The Morgan fingerprint density at radius 3 is 2.63 bits per heavy atom. The summed E-state index contributed by atoms with van der Waals surface area (Å²) in [5.74, 6) is -1.20. The number of para-hydroxylation sites is 2. The summed E-state index contributed by atoms with van der Waals surface area (Å²) in [6.45, 7) is 6.12. The van der Waals surface area contributed by atoms with E-state index in [1.807, 2.05) is 39.0 Å². The van der Waals surface area contributed by atoms with Gasteiger partial charge in [-0.1, -0.05) is 18.2 Å². The van der Waals surface area contributed by atoms with E-state index in [9.17, 15) is 14.4 Å².